The maximum absolute atomic E-state index is 12.9. The maximum Gasteiger partial charge on any atom is 0.264 e. The van der Waals surface area contributed by atoms with E-state index in [0.29, 0.717) is 30.6 Å². The van der Waals surface area contributed by atoms with E-state index >= 15 is 0 Å². The van der Waals surface area contributed by atoms with Crippen LogP contribution in [0.3, 0.4) is 0 Å². The van der Waals surface area contributed by atoms with Crippen LogP contribution >= 0.6 is 11.6 Å². The van der Waals surface area contributed by atoms with Crippen molar-refractivity contribution >= 4 is 33.2 Å². The molecule has 2 aromatic rings. The molecule has 200 valence electrons. The minimum absolute atomic E-state index is 0.0777. The molecule has 37 heavy (non-hydrogen) atoms. The first-order chi connectivity index (χ1) is 17.8. The molecule has 0 aromatic heterocycles. The third-order valence-corrected chi connectivity index (χ3v) is 9.44. The Hall–Kier alpha value is -2.29. The van der Waals surface area contributed by atoms with Crippen LogP contribution in [0.1, 0.15) is 60.0 Å². The van der Waals surface area contributed by atoms with E-state index in [1.807, 2.05) is 12.1 Å². The molecule has 1 fully saturated rings. The summed E-state index contributed by atoms with van der Waals surface area (Å²) >= 11 is 6.30. The molecule has 2 aromatic carbocycles. The Labute approximate surface area is 224 Å². The number of fused-ring (bicyclic) bond motifs is 2. The summed E-state index contributed by atoms with van der Waals surface area (Å²) in [6.07, 6.45) is 5.25. The minimum Gasteiger partial charge on any atom is -0.491 e. The second-order valence-corrected chi connectivity index (χ2v) is 12.7. The fourth-order valence-electron chi connectivity index (χ4n) is 5.79. The number of nitrogens with zero attached hydrogens (tertiary/aromatic N) is 1. The normalized spacial score (nSPS) is 26.2. The van der Waals surface area contributed by atoms with Gasteiger partial charge >= 0.3 is 0 Å². The molecule has 1 saturated carbocycles. The van der Waals surface area contributed by atoms with Crippen molar-refractivity contribution < 1.29 is 22.7 Å². The van der Waals surface area contributed by atoms with Gasteiger partial charge in [0.15, 0.2) is 0 Å². The Balaban J connectivity index is 1.50. The van der Waals surface area contributed by atoms with E-state index in [2.05, 4.69) is 22.6 Å². The lowest BCUT2D eigenvalue weighted by atomic mass is 9.71. The van der Waals surface area contributed by atoms with Gasteiger partial charge in [-0.1, -0.05) is 24.6 Å². The summed E-state index contributed by atoms with van der Waals surface area (Å²) in [6, 6.07) is 11.3. The molecule has 2 aliphatic heterocycles. The molecule has 2 heterocycles. The Bertz CT molecular complexity index is 1250. The van der Waals surface area contributed by atoms with Gasteiger partial charge in [-0.15, -0.1) is 0 Å². The molecule has 1 amide bonds. The van der Waals surface area contributed by atoms with E-state index in [4.69, 9.17) is 21.1 Å². The number of halogens is 1. The number of amides is 1. The second kappa shape index (κ2) is 11.2. The zero-order valence-electron chi connectivity index (χ0n) is 21.2. The molecule has 0 unspecified atom stereocenters. The second-order valence-electron chi connectivity index (χ2n) is 10.4. The van der Waals surface area contributed by atoms with E-state index in [0.717, 1.165) is 48.8 Å². The molecule has 7 nitrogen and oxygen atoms in total. The molecule has 1 N–H and O–H groups in total. The third kappa shape index (κ3) is 6.07. The van der Waals surface area contributed by atoms with E-state index < -0.39 is 15.9 Å². The Morgan fingerprint density at radius 1 is 1.05 bits per heavy atom. The van der Waals surface area contributed by atoms with Crippen LogP contribution in [0.25, 0.3) is 0 Å². The number of hydrogen-bond acceptors (Lipinski definition) is 6. The first kappa shape index (κ1) is 26.3. The maximum atomic E-state index is 12.9. The molecule has 9 heteroatoms. The van der Waals surface area contributed by atoms with Gasteiger partial charge in [-0.25, -0.2) is 13.1 Å². The van der Waals surface area contributed by atoms with Crippen molar-refractivity contribution in [3.8, 4) is 5.75 Å². The highest BCUT2D eigenvalue weighted by atomic mass is 35.5. The lowest BCUT2D eigenvalue weighted by molar-refractivity contribution is 0.0979. The molecule has 3 atom stereocenters. The van der Waals surface area contributed by atoms with Crippen molar-refractivity contribution in [3.05, 3.63) is 58.1 Å². The van der Waals surface area contributed by atoms with E-state index in [1.54, 1.807) is 18.2 Å². The topological polar surface area (TPSA) is 84.9 Å². The van der Waals surface area contributed by atoms with Gasteiger partial charge in [0.05, 0.1) is 24.7 Å². The highest BCUT2D eigenvalue weighted by molar-refractivity contribution is 7.90. The molecule has 2 bridgehead atoms. The number of ether oxygens (including phenoxy) is 2. The Morgan fingerprint density at radius 3 is 2.68 bits per heavy atom. The quantitative estimate of drug-likeness (QED) is 0.583. The molecular formula is C28H35ClN2O5S. The van der Waals surface area contributed by atoms with Crippen LogP contribution in [0.2, 0.25) is 5.02 Å². The average Bonchev–Trinajstić information content (AvgIpc) is 3.04. The zero-order valence-corrected chi connectivity index (χ0v) is 22.8. The number of nitrogens with one attached hydrogen (secondary N) is 1. The first-order valence-corrected chi connectivity index (χ1v) is 15.3. The fourth-order valence-corrected chi connectivity index (χ4v) is 6.82. The van der Waals surface area contributed by atoms with Gasteiger partial charge in [0, 0.05) is 36.2 Å². The van der Waals surface area contributed by atoms with Gasteiger partial charge < -0.3 is 14.4 Å². The number of benzene rings is 2. The van der Waals surface area contributed by atoms with Crippen molar-refractivity contribution in [1.82, 2.24) is 4.72 Å². The summed E-state index contributed by atoms with van der Waals surface area (Å²) in [6.45, 7) is 4.88. The summed E-state index contributed by atoms with van der Waals surface area (Å²) in [4.78, 5) is 15.3. The summed E-state index contributed by atoms with van der Waals surface area (Å²) < 4.78 is 39.0. The number of carbonyl (C=O) groups excluding carboxylic acids is 1. The number of aryl methyl sites for hydroxylation is 1. The number of anilines is 1. The Morgan fingerprint density at radius 2 is 1.89 bits per heavy atom. The van der Waals surface area contributed by atoms with Crippen LogP contribution in [0.4, 0.5) is 5.69 Å². The van der Waals surface area contributed by atoms with Gasteiger partial charge in [-0.2, -0.15) is 0 Å². The minimum atomic E-state index is -3.79. The molecule has 0 saturated heterocycles. The highest BCUT2D eigenvalue weighted by Gasteiger charge is 2.35. The van der Waals surface area contributed by atoms with Gasteiger partial charge in [-0.05, 0) is 85.4 Å². The van der Waals surface area contributed by atoms with Crippen LogP contribution < -0.4 is 14.4 Å². The highest BCUT2D eigenvalue weighted by Crippen LogP contribution is 2.42. The lowest BCUT2D eigenvalue weighted by Crippen LogP contribution is -2.40. The van der Waals surface area contributed by atoms with Crippen molar-refractivity contribution in [2.24, 2.45) is 11.8 Å². The third-order valence-electron chi connectivity index (χ3n) is 8.01. The van der Waals surface area contributed by atoms with E-state index in [-0.39, 0.29) is 18.3 Å². The van der Waals surface area contributed by atoms with Crippen LogP contribution in [0, 0.1) is 11.8 Å². The largest absolute Gasteiger partial charge is 0.491 e. The smallest absolute Gasteiger partial charge is 0.264 e. The summed E-state index contributed by atoms with van der Waals surface area (Å²) in [7, 11) is -3.79. The van der Waals surface area contributed by atoms with Crippen molar-refractivity contribution in [2.45, 2.75) is 44.9 Å². The van der Waals surface area contributed by atoms with E-state index in [1.165, 1.54) is 24.0 Å². The van der Waals surface area contributed by atoms with Crippen LogP contribution in [-0.2, 0) is 21.2 Å². The van der Waals surface area contributed by atoms with Crippen molar-refractivity contribution in [1.29, 1.82) is 0 Å². The first-order valence-electron chi connectivity index (χ1n) is 13.3. The van der Waals surface area contributed by atoms with Gasteiger partial charge in [0.25, 0.3) is 5.91 Å². The van der Waals surface area contributed by atoms with Crippen molar-refractivity contribution in [2.75, 3.05) is 43.6 Å². The predicted octanol–water partition coefficient (Wildman–Crippen LogP) is 4.78. The summed E-state index contributed by atoms with van der Waals surface area (Å²) in [5, 5.41) is 0.732. The zero-order chi connectivity index (χ0) is 26.0. The number of sulfonamides is 1. The molecular weight excluding hydrogens is 512 g/mol. The fraction of sp³-hybridized carbons (Fsp3) is 0.536. The standard InChI is InChI=1S/C28H35ClN2O5S/c1-2-19-14-24(29)8-9-25(19)23-17-31-16-22-6-5-20(22)4-3-11-35-12-13-37(33,34)30-28(32)21-7-10-27(36-18-23)26(31)15-21/h7-10,14-15,20,22-23H,2-6,11-13,16-18H2,1H3,(H,30,32)/t20-,22+,23+/m1/s1. The van der Waals surface area contributed by atoms with Gasteiger partial charge in [0.1, 0.15) is 5.75 Å². The molecule has 3 aliphatic rings. The average molecular weight is 547 g/mol. The van der Waals surface area contributed by atoms with Crippen molar-refractivity contribution in [3.63, 3.8) is 0 Å². The van der Waals surface area contributed by atoms with Crippen LogP contribution in [0.15, 0.2) is 36.4 Å². The lowest BCUT2D eigenvalue weighted by Gasteiger charge is -2.41. The number of carbonyl (C=O) groups is 1. The molecule has 5 rings (SSSR count). The van der Waals surface area contributed by atoms with E-state index in [9.17, 15) is 13.2 Å². The summed E-state index contributed by atoms with van der Waals surface area (Å²) in [5.74, 6) is 1.16. The molecule has 0 radical (unpaired) electrons. The summed E-state index contributed by atoms with van der Waals surface area (Å²) in [5.41, 5.74) is 3.60. The predicted molar refractivity (Wildman–Crippen MR) is 145 cm³/mol. The molecule has 1 aliphatic carbocycles. The van der Waals surface area contributed by atoms with Crippen LogP contribution in [0.5, 0.6) is 5.75 Å². The van der Waals surface area contributed by atoms with Gasteiger partial charge in [0.2, 0.25) is 10.0 Å². The SMILES string of the molecule is CCc1cc(Cl)ccc1[C@@H]1COc2ccc3cc2N(C1)C[C@@H]1CC[C@H]1CCCOCCS(=O)(=O)NC3=O. The number of hydrogen-bond donors (Lipinski definition) is 1. The Kier molecular flexibility index (Phi) is 7.98. The van der Waals surface area contributed by atoms with Crippen LogP contribution in [-0.4, -0.2) is 53.0 Å². The van der Waals surface area contributed by atoms with Gasteiger partial charge in [-0.3, -0.25) is 4.79 Å². The monoisotopic (exact) mass is 546 g/mol. The number of rotatable bonds is 2. The molecule has 0 spiro atoms.